The van der Waals surface area contributed by atoms with E-state index in [4.69, 9.17) is 0 Å². The second-order valence-electron chi connectivity index (χ2n) is 7.92. The second-order valence-corrected chi connectivity index (χ2v) is 7.92. The maximum Gasteiger partial charge on any atom is 0.0512 e. The van der Waals surface area contributed by atoms with Gasteiger partial charge in [-0.15, -0.1) is 0 Å². The Hall–Kier alpha value is -3.06. The molecule has 0 saturated heterocycles. The molecule has 26 heavy (non-hydrogen) atoms. The zero-order valence-corrected chi connectivity index (χ0v) is 14.9. The molecule has 0 saturated carbocycles. The van der Waals surface area contributed by atoms with Crippen molar-refractivity contribution in [2.75, 3.05) is 0 Å². The molecule has 0 fully saturated rings. The molecule has 4 aromatic carbocycles. The Bertz CT molecular complexity index is 1350. The Kier molecular flexibility index (Phi) is 2.48. The van der Waals surface area contributed by atoms with Crippen LogP contribution in [0.3, 0.4) is 0 Å². The van der Waals surface area contributed by atoms with Crippen LogP contribution in [-0.2, 0) is 5.41 Å². The van der Waals surface area contributed by atoms with E-state index in [1.807, 2.05) is 0 Å². The van der Waals surface area contributed by atoms with Crippen LogP contribution >= 0.6 is 0 Å². The number of aromatic amines is 1. The molecule has 0 atom stereocenters. The van der Waals surface area contributed by atoms with E-state index in [0.717, 1.165) is 0 Å². The minimum Gasteiger partial charge on any atom is -0.354 e. The lowest BCUT2D eigenvalue weighted by molar-refractivity contribution is 0.671. The van der Waals surface area contributed by atoms with E-state index in [9.17, 15) is 0 Å². The van der Waals surface area contributed by atoms with Crippen LogP contribution in [0.2, 0.25) is 0 Å². The maximum atomic E-state index is 3.72. The van der Waals surface area contributed by atoms with E-state index in [0.29, 0.717) is 0 Å². The summed E-state index contributed by atoms with van der Waals surface area (Å²) in [6.07, 6.45) is 0. The van der Waals surface area contributed by atoms with Crippen LogP contribution in [0.4, 0.5) is 0 Å². The SMILES string of the molecule is CC1(C)c2c(ccc3ccccc23)-c2ccc3c([nH]c4ccccc43)c21. The van der Waals surface area contributed by atoms with Crippen molar-refractivity contribution in [3.05, 3.63) is 83.9 Å². The number of aromatic nitrogens is 1. The number of nitrogens with one attached hydrogen (secondary N) is 1. The Morgan fingerprint density at radius 1 is 0.615 bits per heavy atom. The summed E-state index contributed by atoms with van der Waals surface area (Å²) in [5.41, 5.74) is 8.10. The summed E-state index contributed by atoms with van der Waals surface area (Å²) < 4.78 is 0. The van der Waals surface area contributed by atoms with Crippen LogP contribution < -0.4 is 0 Å². The molecule has 5 aromatic rings. The number of benzene rings is 4. The molecular weight excluding hydrogens is 314 g/mol. The lowest BCUT2D eigenvalue weighted by Crippen LogP contribution is -2.16. The molecule has 0 amide bonds. The van der Waals surface area contributed by atoms with Gasteiger partial charge in [0.1, 0.15) is 0 Å². The van der Waals surface area contributed by atoms with Gasteiger partial charge >= 0.3 is 0 Å². The van der Waals surface area contributed by atoms with E-state index in [2.05, 4.69) is 91.6 Å². The van der Waals surface area contributed by atoms with Crippen LogP contribution in [0.25, 0.3) is 43.7 Å². The topological polar surface area (TPSA) is 15.8 Å². The molecule has 0 bridgehead atoms. The fourth-order valence-electron chi connectivity index (χ4n) is 5.09. The van der Waals surface area contributed by atoms with Gasteiger partial charge in [-0.1, -0.05) is 80.6 Å². The lowest BCUT2D eigenvalue weighted by Gasteiger charge is -2.23. The van der Waals surface area contributed by atoms with Crippen molar-refractivity contribution >= 4 is 32.6 Å². The molecule has 1 heterocycles. The van der Waals surface area contributed by atoms with Gasteiger partial charge in [-0.05, 0) is 39.1 Å². The predicted octanol–water partition coefficient (Wildman–Crippen LogP) is 6.78. The van der Waals surface area contributed by atoms with Gasteiger partial charge in [-0.3, -0.25) is 0 Å². The average Bonchev–Trinajstić information content (AvgIpc) is 3.15. The first-order chi connectivity index (χ1) is 12.7. The van der Waals surface area contributed by atoms with Gasteiger partial charge in [0, 0.05) is 21.7 Å². The molecule has 124 valence electrons. The van der Waals surface area contributed by atoms with Crippen LogP contribution in [-0.4, -0.2) is 4.98 Å². The van der Waals surface area contributed by atoms with Crippen molar-refractivity contribution in [3.8, 4) is 11.1 Å². The van der Waals surface area contributed by atoms with Crippen molar-refractivity contribution in [2.45, 2.75) is 19.3 Å². The largest absolute Gasteiger partial charge is 0.354 e. The van der Waals surface area contributed by atoms with E-state index in [1.165, 1.54) is 54.8 Å². The standard InChI is InChI=1S/C25H19N/c1-25(2)22-16-8-4-3-7-15(16)11-12-18(22)19-13-14-20-17-9-5-6-10-21(17)26-24(20)23(19)25/h3-14,26H,1-2H3. The molecule has 1 aliphatic carbocycles. The highest BCUT2D eigenvalue weighted by molar-refractivity contribution is 6.12. The summed E-state index contributed by atoms with van der Waals surface area (Å²) in [6.45, 7) is 4.74. The minimum absolute atomic E-state index is 0.0358. The van der Waals surface area contributed by atoms with E-state index in [-0.39, 0.29) is 5.41 Å². The van der Waals surface area contributed by atoms with E-state index >= 15 is 0 Å². The van der Waals surface area contributed by atoms with Crippen molar-refractivity contribution in [1.29, 1.82) is 0 Å². The Morgan fingerprint density at radius 3 is 2.19 bits per heavy atom. The second kappa shape index (κ2) is 4.56. The molecule has 6 rings (SSSR count). The van der Waals surface area contributed by atoms with Gasteiger partial charge in [0.25, 0.3) is 0 Å². The fourth-order valence-corrected chi connectivity index (χ4v) is 5.09. The maximum absolute atomic E-state index is 3.72. The predicted molar refractivity (Wildman–Crippen MR) is 111 cm³/mol. The zero-order chi connectivity index (χ0) is 17.5. The van der Waals surface area contributed by atoms with Gasteiger partial charge in [0.15, 0.2) is 0 Å². The molecule has 0 aliphatic heterocycles. The zero-order valence-electron chi connectivity index (χ0n) is 14.9. The van der Waals surface area contributed by atoms with Crippen molar-refractivity contribution in [2.24, 2.45) is 0 Å². The van der Waals surface area contributed by atoms with Crippen LogP contribution in [0.1, 0.15) is 25.0 Å². The molecule has 0 radical (unpaired) electrons. The highest BCUT2D eigenvalue weighted by atomic mass is 14.7. The van der Waals surface area contributed by atoms with Crippen LogP contribution in [0.15, 0.2) is 72.8 Å². The summed E-state index contributed by atoms with van der Waals surface area (Å²) in [6, 6.07) is 26.5. The third-order valence-electron chi connectivity index (χ3n) is 6.15. The molecular formula is C25H19N. The van der Waals surface area contributed by atoms with Crippen molar-refractivity contribution in [3.63, 3.8) is 0 Å². The van der Waals surface area contributed by atoms with E-state index in [1.54, 1.807) is 0 Å². The number of hydrogen-bond acceptors (Lipinski definition) is 0. The van der Waals surface area contributed by atoms with Crippen LogP contribution in [0, 0.1) is 0 Å². The Balaban J connectivity index is 1.80. The lowest BCUT2D eigenvalue weighted by atomic mass is 9.79. The number of para-hydroxylation sites is 1. The first kappa shape index (κ1) is 14.1. The molecule has 1 heteroatoms. The van der Waals surface area contributed by atoms with Gasteiger partial charge in [-0.2, -0.15) is 0 Å². The molecule has 1 aliphatic rings. The number of fused-ring (bicyclic) bond motifs is 9. The smallest absolute Gasteiger partial charge is 0.0512 e. The van der Waals surface area contributed by atoms with Crippen molar-refractivity contribution in [1.82, 2.24) is 4.98 Å². The highest BCUT2D eigenvalue weighted by Gasteiger charge is 2.38. The van der Waals surface area contributed by atoms with Gasteiger partial charge in [0.05, 0.1) is 5.52 Å². The van der Waals surface area contributed by atoms with E-state index < -0.39 is 0 Å². The summed E-state index contributed by atoms with van der Waals surface area (Å²) in [7, 11) is 0. The monoisotopic (exact) mass is 333 g/mol. The first-order valence-electron chi connectivity index (χ1n) is 9.23. The third kappa shape index (κ3) is 1.56. The minimum atomic E-state index is -0.0358. The summed E-state index contributed by atoms with van der Waals surface area (Å²) >= 11 is 0. The third-order valence-corrected chi connectivity index (χ3v) is 6.15. The van der Waals surface area contributed by atoms with Crippen molar-refractivity contribution < 1.29 is 0 Å². The number of rotatable bonds is 0. The summed E-state index contributed by atoms with van der Waals surface area (Å²) in [4.78, 5) is 3.72. The van der Waals surface area contributed by atoms with Crippen LogP contribution in [0.5, 0.6) is 0 Å². The highest BCUT2D eigenvalue weighted by Crippen LogP contribution is 2.53. The van der Waals surface area contributed by atoms with Gasteiger partial charge < -0.3 is 4.98 Å². The number of H-pyrrole nitrogens is 1. The molecule has 0 unspecified atom stereocenters. The molecule has 1 N–H and O–H groups in total. The Labute approximate surface area is 152 Å². The first-order valence-corrected chi connectivity index (χ1v) is 9.23. The summed E-state index contributed by atoms with van der Waals surface area (Å²) in [5.74, 6) is 0. The normalized spacial score (nSPS) is 14.8. The Morgan fingerprint density at radius 2 is 1.31 bits per heavy atom. The average molecular weight is 333 g/mol. The fraction of sp³-hybridized carbons (Fsp3) is 0.120. The molecule has 1 aromatic heterocycles. The quantitative estimate of drug-likeness (QED) is 0.321. The van der Waals surface area contributed by atoms with Gasteiger partial charge in [0.2, 0.25) is 0 Å². The molecule has 1 nitrogen and oxygen atoms in total. The molecule has 0 spiro atoms. The summed E-state index contributed by atoms with van der Waals surface area (Å²) in [5, 5.41) is 5.32. The number of hydrogen-bond donors (Lipinski definition) is 1. The van der Waals surface area contributed by atoms with Gasteiger partial charge in [-0.25, -0.2) is 0 Å².